The molecule has 0 aliphatic heterocycles. The smallest absolute Gasteiger partial charge is 0.171 e. The van der Waals surface area contributed by atoms with Gasteiger partial charge in [-0.3, -0.25) is 0 Å². The summed E-state index contributed by atoms with van der Waals surface area (Å²) in [5.41, 5.74) is 0. The summed E-state index contributed by atoms with van der Waals surface area (Å²) in [6, 6.07) is 0. The number of aliphatic hydroxyl groups excluding tert-OH is 1. The minimum atomic E-state index is -0.609. The zero-order chi connectivity index (χ0) is 10.3. The first-order valence-corrected chi connectivity index (χ1v) is 4.48. The van der Waals surface area contributed by atoms with Crippen LogP contribution >= 0.6 is 12.2 Å². The minimum absolute atomic E-state index is 0.509. The lowest BCUT2D eigenvalue weighted by Gasteiger charge is -2.26. The van der Waals surface area contributed by atoms with Crippen LogP contribution in [0, 0.1) is 0 Å². The van der Waals surface area contributed by atoms with Gasteiger partial charge in [-0.15, -0.1) is 13.2 Å². The monoisotopic (exact) mass is 200 g/mol. The number of thiocarbonyl (C=S) groups is 1. The maximum absolute atomic E-state index is 9.34. The second kappa shape index (κ2) is 6.62. The Bertz CT molecular complexity index is 192. The Balaban J connectivity index is 4.10. The van der Waals surface area contributed by atoms with Crippen LogP contribution in [0.5, 0.6) is 0 Å². The number of aliphatic hydroxyl groups is 1. The van der Waals surface area contributed by atoms with Crippen molar-refractivity contribution in [2.75, 3.05) is 13.1 Å². The zero-order valence-electron chi connectivity index (χ0n) is 7.86. The molecule has 0 fully saturated rings. The predicted octanol–water partition coefficient (Wildman–Crippen LogP) is 0.873. The van der Waals surface area contributed by atoms with Crippen LogP contribution in [-0.2, 0) is 0 Å². The van der Waals surface area contributed by atoms with Gasteiger partial charge in [-0.25, -0.2) is 0 Å². The van der Waals surface area contributed by atoms with Crippen molar-refractivity contribution in [1.82, 2.24) is 10.2 Å². The van der Waals surface area contributed by atoms with Gasteiger partial charge >= 0.3 is 0 Å². The molecular weight excluding hydrogens is 184 g/mol. The van der Waals surface area contributed by atoms with Crippen LogP contribution in [-0.4, -0.2) is 34.4 Å². The van der Waals surface area contributed by atoms with Gasteiger partial charge < -0.3 is 15.3 Å². The van der Waals surface area contributed by atoms with E-state index in [9.17, 15) is 5.11 Å². The number of nitrogens with one attached hydrogen (secondary N) is 1. The molecule has 0 bridgehead atoms. The van der Waals surface area contributed by atoms with Crippen LogP contribution in [0.15, 0.2) is 25.3 Å². The van der Waals surface area contributed by atoms with E-state index in [1.54, 1.807) is 24.0 Å². The normalized spacial score (nSPS) is 11.5. The van der Waals surface area contributed by atoms with Crippen molar-refractivity contribution < 1.29 is 5.11 Å². The van der Waals surface area contributed by atoms with Gasteiger partial charge in [0.25, 0.3) is 0 Å². The Hall–Kier alpha value is -0.870. The summed E-state index contributed by atoms with van der Waals surface area (Å²) in [6.45, 7) is 9.93. The molecule has 13 heavy (non-hydrogen) atoms. The predicted molar refractivity (Wildman–Crippen MR) is 59.4 cm³/mol. The Morgan fingerprint density at radius 3 is 2.62 bits per heavy atom. The molecule has 0 aliphatic rings. The van der Waals surface area contributed by atoms with Crippen molar-refractivity contribution in [2.45, 2.75) is 13.2 Å². The van der Waals surface area contributed by atoms with Crippen molar-refractivity contribution in [2.24, 2.45) is 0 Å². The maximum Gasteiger partial charge on any atom is 0.171 e. The van der Waals surface area contributed by atoms with E-state index < -0.39 is 6.23 Å². The molecule has 4 heteroatoms. The second-order valence-corrected chi connectivity index (χ2v) is 2.93. The highest BCUT2D eigenvalue weighted by Crippen LogP contribution is 1.96. The molecule has 0 aromatic carbocycles. The largest absolute Gasteiger partial charge is 0.374 e. The van der Waals surface area contributed by atoms with Gasteiger partial charge in [0, 0.05) is 13.1 Å². The molecule has 0 saturated carbocycles. The van der Waals surface area contributed by atoms with E-state index in [0.29, 0.717) is 18.2 Å². The molecule has 0 spiro atoms. The number of hydrogen-bond donors (Lipinski definition) is 2. The molecule has 3 nitrogen and oxygen atoms in total. The van der Waals surface area contributed by atoms with Gasteiger partial charge in [0.15, 0.2) is 5.11 Å². The highest BCUT2D eigenvalue weighted by molar-refractivity contribution is 7.80. The second-order valence-electron chi connectivity index (χ2n) is 2.55. The number of hydrogen-bond acceptors (Lipinski definition) is 2. The third kappa shape index (κ3) is 4.65. The van der Waals surface area contributed by atoms with E-state index in [-0.39, 0.29) is 0 Å². The van der Waals surface area contributed by atoms with E-state index in [4.69, 9.17) is 12.2 Å². The van der Waals surface area contributed by atoms with E-state index in [0.717, 1.165) is 0 Å². The summed E-state index contributed by atoms with van der Waals surface area (Å²) in [5.74, 6) is 0. The van der Waals surface area contributed by atoms with Crippen molar-refractivity contribution in [1.29, 1.82) is 0 Å². The Morgan fingerprint density at radius 1 is 1.62 bits per heavy atom. The maximum atomic E-state index is 9.34. The first-order valence-electron chi connectivity index (χ1n) is 4.07. The minimum Gasteiger partial charge on any atom is -0.374 e. The van der Waals surface area contributed by atoms with E-state index >= 15 is 0 Å². The highest BCUT2D eigenvalue weighted by Gasteiger charge is 2.11. The molecule has 0 aromatic heterocycles. The molecule has 0 saturated heterocycles. The SMILES string of the molecule is C=CCNC(=S)N(CC=C)C(C)O. The molecule has 74 valence electrons. The molecule has 1 atom stereocenters. The molecule has 0 aliphatic carbocycles. The molecule has 1 unspecified atom stereocenters. The molecule has 0 heterocycles. The van der Waals surface area contributed by atoms with Crippen LogP contribution in [0.3, 0.4) is 0 Å². The topological polar surface area (TPSA) is 35.5 Å². The van der Waals surface area contributed by atoms with Crippen LogP contribution in [0.4, 0.5) is 0 Å². The Labute approximate surface area is 84.7 Å². The summed E-state index contributed by atoms with van der Waals surface area (Å²) < 4.78 is 0. The highest BCUT2D eigenvalue weighted by atomic mass is 32.1. The van der Waals surface area contributed by atoms with Crippen LogP contribution in [0.25, 0.3) is 0 Å². The van der Waals surface area contributed by atoms with Crippen LogP contribution in [0.2, 0.25) is 0 Å². The van der Waals surface area contributed by atoms with Gasteiger partial charge in [0.05, 0.1) is 0 Å². The van der Waals surface area contributed by atoms with Gasteiger partial charge in [0.2, 0.25) is 0 Å². The zero-order valence-corrected chi connectivity index (χ0v) is 8.68. The van der Waals surface area contributed by atoms with Crippen molar-refractivity contribution in [3.63, 3.8) is 0 Å². The summed E-state index contributed by atoms with van der Waals surface area (Å²) in [7, 11) is 0. The van der Waals surface area contributed by atoms with Gasteiger partial charge in [0.1, 0.15) is 6.23 Å². The third-order valence-electron chi connectivity index (χ3n) is 1.44. The average Bonchev–Trinajstić information content (AvgIpc) is 2.09. The lowest BCUT2D eigenvalue weighted by molar-refractivity contribution is 0.0777. The van der Waals surface area contributed by atoms with E-state index in [1.165, 1.54) is 0 Å². The number of nitrogens with zero attached hydrogens (tertiary/aromatic N) is 1. The summed E-state index contributed by atoms with van der Waals surface area (Å²) >= 11 is 5.04. The van der Waals surface area contributed by atoms with Gasteiger partial charge in [-0.1, -0.05) is 12.2 Å². The Morgan fingerprint density at radius 2 is 2.23 bits per heavy atom. The lowest BCUT2D eigenvalue weighted by Crippen LogP contribution is -2.44. The van der Waals surface area contributed by atoms with Crippen molar-refractivity contribution >= 4 is 17.3 Å². The molecule has 0 aromatic rings. The quantitative estimate of drug-likeness (QED) is 0.392. The van der Waals surface area contributed by atoms with Crippen LogP contribution < -0.4 is 5.32 Å². The van der Waals surface area contributed by atoms with Gasteiger partial charge in [-0.2, -0.15) is 0 Å². The first kappa shape index (κ1) is 12.1. The van der Waals surface area contributed by atoms with Crippen molar-refractivity contribution in [3.8, 4) is 0 Å². The van der Waals surface area contributed by atoms with Gasteiger partial charge in [-0.05, 0) is 19.1 Å². The van der Waals surface area contributed by atoms with E-state index in [1.807, 2.05) is 0 Å². The fraction of sp³-hybridized carbons (Fsp3) is 0.444. The molecule has 2 N–H and O–H groups in total. The van der Waals surface area contributed by atoms with Crippen LogP contribution in [0.1, 0.15) is 6.92 Å². The Kier molecular flexibility index (Phi) is 6.18. The lowest BCUT2D eigenvalue weighted by atomic mass is 10.4. The van der Waals surface area contributed by atoms with Crippen molar-refractivity contribution in [3.05, 3.63) is 25.3 Å². The molecule has 0 rings (SSSR count). The van der Waals surface area contributed by atoms with E-state index in [2.05, 4.69) is 18.5 Å². The summed E-state index contributed by atoms with van der Waals surface area (Å²) in [5, 5.41) is 12.8. The first-order chi connectivity index (χ1) is 6.13. The standard InChI is InChI=1S/C9H16N2OS/c1-4-6-10-9(13)11(7-5-2)8(3)12/h4-5,8,12H,1-2,6-7H2,3H3,(H,10,13). The third-order valence-corrected chi connectivity index (χ3v) is 1.81. The average molecular weight is 200 g/mol. The number of rotatable bonds is 5. The molecular formula is C9H16N2OS. The molecule has 0 radical (unpaired) electrons. The summed E-state index contributed by atoms with van der Waals surface area (Å²) in [4.78, 5) is 1.63. The summed E-state index contributed by atoms with van der Waals surface area (Å²) in [6.07, 6.45) is 2.79. The fourth-order valence-corrected chi connectivity index (χ4v) is 1.12. The fourth-order valence-electron chi connectivity index (χ4n) is 0.805. The molecule has 0 amide bonds.